The van der Waals surface area contributed by atoms with Crippen molar-refractivity contribution in [2.45, 2.75) is 31.7 Å². The minimum Gasteiger partial charge on any atom is -0.379 e. The van der Waals surface area contributed by atoms with Gasteiger partial charge in [0.05, 0.1) is 24.2 Å². The monoisotopic (exact) mass is 342 g/mol. The molecule has 0 spiro atoms. The maximum atomic E-state index is 5.47. The number of likely N-dealkylation sites (tertiary alicyclic amines) is 1. The Morgan fingerprint density at radius 2 is 1.84 bits per heavy atom. The molecule has 2 aromatic rings. The molecule has 1 aromatic heterocycles. The molecule has 0 N–H and O–H groups in total. The second-order valence-electron chi connectivity index (χ2n) is 7.59. The van der Waals surface area contributed by atoms with Crippen LogP contribution in [-0.2, 0) is 11.8 Å². The molecule has 4 rings (SSSR count). The summed E-state index contributed by atoms with van der Waals surface area (Å²) in [5, 5.41) is 0. The van der Waals surface area contributed by atoms with Crippen LogP contribution in [-0.4, -0.2) is 71.3 Å². The van der Waals surface area contributed by atoms with Crippen molar-refractivity contribution in [3.8, 4) is 0 Å². The molecular formula is C20H30N4O. The average Bonchev–Trinajstić information content (AvgIpc) is 3.00. The molecule has 1 atom stereocenters. The number of morpholine rings is 1. The van der Waals surface area contributed by atoms with Gasteiger partial charge in [0, 0.05) is 38.6 Å². The van der Waals surface area contributed by atoms with E-state index in [4.69, 9.17) is 9.72 Å². The molecular weight excluding hydrogens is 312 g/mol. The standard InChI is InChI=1S/C20H30N4O/c1-16(24-11-13-25-14-12-24)15-23-9-7-17(8-10-23)20-21-18-5-3-4-6-19(18)22(20)2/h3-6,16-17H,7-15H2,1-2H3. The zero-order chi connectivity index (χ0) is 17.2. The fourth-order valence-electron chi connectivity index (χ4n) is 4.41. The third kappa shape index (κ3) is 3.59. The topological polar surface area (TPSA) is 33.5 Å². The largest absolute Gasteiger partial charge is 0.379 e. The number of aryl methyl sites for hydroxylation is 1. The van der Waals surface area contributed by atoms with Gasteiger partial charge in [-0.15, -0.1) is 0 Å². The van der Waals surface area contributed by atoms with Crippen LogP contribution >= 0.6 is 0 Å². The molecule has 3 heterocycles. The van der Waals surface area contributed by atoms with Crippen molar-refractivity contribution in [3.05, 3.63) is 30.1 Å². The number of fused-ring (bicyclic) bond motifs is 1. The van der Waals surface area contributed by atoms with Crippen molar-refractivity contribution < 1.29 is 4.74 Å². The van der Waals surface area contributed by atoms with Crippen molar-refractivity contribution in [1.29, 1.82) is 0 Å². The Hall–Kier alpha value is -1.43. The van der Waals surface area contributed by atoms with E-state index in [1.807, 2.05) is 0 Å². The SMILES string of the molecule is CC(CN1CCC(c2nc3ccccc3n2C)CC1)N1CCOCC1. The van der Waals surface area contributed by atoms with Gasteiger partial charge < -0.3 is 14.2 Å². The van der Waals surface area contributed by atoms with E-state index >= 15 is 0 Å². The van der Waals surface area contributed by atoms with E-state index in [-0.39, 0.29) is 0 Å². The van der Waals surface area contributed by atoms with Gasteiger partial charge in [-0.2, -0.15) is 0 Å². The number of hydrogen-bond acceptors (Lipinski definition) is 4. The van der Waals surface area contributed by atoms with Crippen LogP contribution in [0.2, 0.25) is 0 Å². The van der Waals surface area contributed by atoms with Crippen molar-refractivity contribution in [2.75, 3.05) is 45.9 Å². The number of benzene rings is 1. The number of hydrogen-bond donors (Lipinski definition) is 0. The summed E-state index contributed by atoms with van der Waals surface area (Å²) in [5.41, 5.74) is 2.38. The van der Waals surface area contributed by atoms with Crippen LogP contribution in [0.3, 0.4) is 0 Å². The Balaban J connectivity index is 1.35. The fraction of sp³-hybridized carbons (Fsp3) is 0.650. The Morgan fingerprint density at radius 3 is 2.56 bits per heavy atom. The molecule has 0 bridgehead atoms. The first-order valence-electron chi connectivity index (χ1n) is 9.68. The van der Waals surface area contributed by atoms with Gasteiger partial charge in [0.1, 0.15) is 5.82 Å². The van der Waals surface area contributed by atoms with E-state index in [9.17, 15) is 0 Å². The maximum absolute atomic E-state index is 5.47. The van der Waals surface area contributed by atoms with Crippen LogP contribution in [0.25, 0.3) is 11.0 Å². The summed E-state index contributed by atoms with van der Waals surface area (Å²) < 4.78 is 7.77. The van der Waals surface area contributed by atoms with Gasteiger partial charge in [-0.25, -0.2) is 4.98 Å². The minimum absolute atomic E-state index is 0.590. The molecule has 5 heteroatoms. The van der Waals surface area contributed by atoms with Crippen LogP contribution < -0.4 is 0 Å². The summed E-state index contributed by atoms with van der Waals surface area (Å²) in [6, 6.07) is 9.09. The number of ether oxygens (including phenoxy) is 1. The number of rotatable bonds is 4. The van der Waals surface area contributed by atoms with E-state index in [2.05, 4.69) is 52.6 Å². The van der Waals surface area contributed by atoms with Crippen LogP contribution in [0.5, 0.6) is 0 Å². The van der Waals surface area contributed by atoms with Crippen LogP contribution in [0.15, 0.2) is 24.3 Å². The molecule has 2 saturated heterocycles. The summed E-state index contributed by atoms with van der Waals surface area (Å²) in [4.78, 5) is 10.1. The van der Waals surface area contributed by atoms with Crippen LogP contribution in [0.4, 0.5) is 0 Å². The lowest BCUT2D eigenvalue weighted by Crippen LogP contribution is -2.48. The molecule has 1 aromatic carbocycles. The molecule has 5 nitrogen and oxygen atoms in total. The second kappa shape index (κ2) is 7.44. The average molecular weight is 342 g/mol. The number of aromatic nitrogens is 2. The Labute approximate surface area is 150 Å². The van der Waals surface area contributed by atoms with E-state index in [1.165, 1.54) is 43.8 Å². The third-order valence-corrected chi connectivity index (χ3v) is 5.97. The fourth-order valence-corrected chi connectivity index (χ4v) is 4.41. The summed E-state index contributed by atoms with van der Waals surface area (Å²) in [6.45, 7) is 9.84. The third-order valence-electron chi connectivity index (χ3n) is 5.97. The quantitative estimate of drug-likeness (QED) is 0.855. The maximum Gasteiger partial charge on any atom is 0.112 e. The van der Waals surface area contributed by atoms with Gasteiger partial charge in [0.2, 0.25) is 0 Å². The predicted molar refractivity (Wildman–Crippen MR) is 101 cm³/mol. The predicted octanol–water partition coefficient (Wildman–Crippen LogP) is 2.47. The number of para-hydroxylation sites is 2. The molecule has 2 aliphatic rings. The Bertz CT molecular complexity index is 699. The van der Waals surface area contributed by atoms with E-state index in [0.29, 0.717) is 12.0 Å². The highest BCUT2D eigenvalue weighted by atomic mass is 16.5. The molecule has 1 unspecified atom stereocenters. The zero-order valence-electron chi connectivity index (χ0n) is 15.5. The first-order valence-corrected chi connectivity index (χ1v) is 9.68. The van der Waals surface area contributed by atoms with Crippen LogP contribution in [0, 0.1) is 0 Å². The molecule has 0 amide bonds. The van der Waals surface area contributed by atoms with E-state index < -0.39 is 0 Å². The van der Waals surface area contributed by atoms with E-state index in [1.54, 1.807) is 0 Å². The lowest BCUT2D eigenvalue weighted by molar-refractivity contribution is 0.0106. The summed E-state index contributed by atoms with van der Waals surface area (Å²) in [6.07, 6.45) is 2.43. The van der Waals surface area contributed by atoms with Gasteiger partial charge >= 0.3 is 0 Å². The highest BCUT2D eigenvalue weighted by Gasteiger charge is 2.26. The molecule has 0 aliphatic carbocycles. The van der Waals surface area contributed by atoms with E-state index in [0.717, 1.165) is 31.8 Å². The molecule has 0 radical (unpaired) electrons. The number of nitrogens with zero attached hydrogens (tertiary/aromatic N) is 4. The number of piperidine rings is 1. The van der Waals surface area contributed by atoms with Crippen molar-refractivity contribution >= 4 is 11.0 Å². The first kappa shape index (κ1) is 17.0. The molecule has 2 fully saturated rings. The smallest absolute Gasteiger partial charge is 0.112 e. The molecule has 0 saturated carbocycles. The van der Waals surface area contributed by atoms with Gasteiger partial charge in [-0.1, -0.05) is 12.1 Å². The minimum atomic E-state index is 0.590. The Morgan fingerprint density at radius 1 is 1.12 bits per heavy atom. The zero-order valence-corrected chi connectivity index (χ0v) is 15.5. The normalized spacial score (nSPS) is 22.5. The highest BCUT2D eigenvalue weighted by molar-refractivity contribution is 5.75. The first-order chi connectivity index (χ1) is 12.2. The van der Waals surface area contributed by atoms with Crippen molar-refractivity contribution in [2.24, 2.45) is 7.05 Å². The van der Waals surface area contributed by atoms with Crippen molar-refractivity contribution in [1.82, 2.24) is 19.4 Å². The van der Waals surface area contributed by atoms with Gasteiger partial charge in [0.15, 0.2) is 0 Å². The molecule has 25 heavy (non-hydrogen) atoms. The lowest BCUT2D eigenvalue weighted by atomic mass is 9.95. The summed E-state index contributed by atoms with van der Waals surface area (Å²) >= 11 is 0. The second-order valence-corrected chi connectivity index (χ2v) is 7.59. The van der Waals surface area contributed by atoms with Gasteiger partial charge in [-0.3, -0.25) is 4.90 Å². The van der Waals surface area contributed by atoms with Crippen LogP contribution in [0.1, 0.15) is 31.5 Å². The molecule has 2 aliphatic heterocycles. The Kier molecular flexibility index (Phi) is 5.06. The van der Waals surface area contributed by atoms with Gasteiger partial charge in [0.25, 0.3) is 0 Å². The van der Waals surface area contributed by atoms with Gasteiger partial charge in [-0.05, 0) is 45.0 Å². The summed E-state index contributed by atoms with van der Waals surface area (Å²) in [5.74, 6) is 1.86. The molecule has 136 valence electrons. The number of imidazole rings is 1. The summed E-state index contributed by atoms with van der Waals surface area (Å²) in [7, 11) is 2.16. The lowest BCUT2D eigenvalue weighted by Gasteiger charge is -2.38. The highest BCUT2D eigenvalue weighted by Crippen LogP contribution is 2.29. The van der Waals surface area contributed by atoms with Crippen molar-refractivity contribution in [3.63, 3.8) is 0 Å².